The SMILES string of the molecule is OC(c1cccc(Cl)c1)c1ccc(Br)s1. The quantitative estimate of drug-likeness (QED) is 0.879. The highest BCUT2D eigenvalue weighted by Gasteiger charge is 2.12. The van der Waals surface area contributed by atoms with Crippen LogP contribution >= 0.6 is 38.9 Å². The van der Waals surface area contributed by atoms with Crippen molar-refractivity contribution in [3.8, 4) is 0 Å². The van der Waals surface area contributed by atoms with Gasteiger partial charge >= 0.3 is 0 Å². The normalized spacial score (nSPS) is 12.7. The van der Waals surface area contributed by atoms with E-state index in [4.69, 9.17) is 11.6 Å². The van der Waals surface area contributed by atoms with E-state index in [-0.39, 0.29) is 0 Å². The maximum Gasteiger partial charge on any atom is 0.113 e. The Kier molecular flexibility index (Phi) is 3.46. The summed E-state index contributed by atoms with van der Waals surface area (Å²) >= 11 is 10.8. The Labute approximate surface area is 105 Å². The third kappa shape index (κ3) is 2.61. The molecule has 0 saturated carbocycles. The van der Waals surface area contributed by atoms with Crippen LogP contribution in [0.5, 0.6) is 0 Å². The molecule has 78 valence electrons. The van der Waals surface area contributed by atoms with Crippen molar-refractivity contribution in [1.29, 1.82) is 0 Å². The molecule has 0 aliphatic heterocycles. The molecule has 0 fully saturated rings. The highest BCUT2D eigenvalue weighted by atomic mass is 79.9. The second kappa shape index (κ2) is 4.66. The predicted molar refractivity (Wildman–Crippen MR) is 67.5 cm³/mol. The van der Waals surface area contributed by atoms with Crippen molar-refractivity contribution in [2.24, 2.45) is 0 Å². The molecule has 0 radical (unpaired) electrons. The largest absolute Gasteiger partial charge is 0.383 e. The van der Waals surface area contributed by atoms with E-state index in [1.54, 1.807) is 12.1 Å². The maximum absolute atomic E-state index is 10.1. The Morgan fingerprint density at radius 1 is 1.27 bits per heavy atom. The van der Waals surface area contributed by atoms with Gasteiger partial charge in [0.25, 0.3) is 0 Å². The Bertz CT molecular complexity index is 469. The van der Waals surface area contributed by atoms with Crippen molar-refractivity contribution in [2.75, 3.05) is 0 Å². The molecule has 1 aromatic carbocycles. The van der Waals surface area contributed by atoms with Crippen LogP contribution in [0.1, 0.15) is 16.5 Å². The standard InChI is InChI=1S/C11H8BrClOS/c12-10-5-4-9(15-10)11(14)7-2-1-3-8(13)6-7/h1-6,11,14H. The van der Waals surface area contributed by atoms with E-state index in [0.29, 0.717) is 5.02 Å². The van der Waals surface area contributed by atoms with Crippen LogP contribution in [0.25, 0.3) is 0 Å². The molecule has 1 unspecified atom stereocenters. The van der Waals surface area contributed by atoms with Gasteiger partial charge in [-0.25, -0.2) is 0 Å². The second-order valence-corrected chi connectivity index (χ2v) is 6.03. The minimum Gasteiger partial charge on any atom is -0.383 e. The molecule has 15 heavy (non-hydrogen) atoms. The molecule has 1 heterocycles. The van der Waals surface area contributed by atoms with Gasteiger partial charge in [0.05, 0.1) is 3.79 Å². The van der Waals surface area contributed by atoms with Gasteiger partial charge in [-0.1, -0.05) is 23.7 Å². The topological polar surface area (TPSA) is 20.2 Å². The van der Waals surface area contributed by atoms with E-state index >= 15 is 0 Å². The fourth-order valence-corrected chi connectivity index (χ4v) is 2.95. The van der Waals surface area contributed by atoms with Gasteiger partial charge < -0.3 is 5.11 Å². The summed E-state index contributed by atoms with van der Waals surface area (Å²) in [6, 6.07) is 11.1. The van der Waals surface area contributed by atoms with Crippen LogP contribution in [0.15, 0.2) is 40.2 Å². The molecule has 0 aliphatic carbocycles. The number of aliphatic hydroxyl groups excluding tert-OH is 1. The smallest absolute Gasteiger partial charge is 0.113 e. The first kappa shape index (κ1) is 11.1. The Morgan fingerprint density at radius 3 is 2.67 bits per heavy atom. The minimum absolute atomic E-state index is 0.597. The van der Waals surface area contributed by atoms with E-state index < -0.39 is 6.10 Å². The van der Waals surface area contributed by atoms with Crippen molar-refractivity contribution in [3.63, 3.8) is 0 Å². The van der Waals surface area contributed by atoms with Gasteiger partial charge in [-0.3, -0.25) is 0 Å². The predicted octanol–water partition coefficient (Wildman–Crippen LogP) is 4.25. The minimum atomic E-state index is -0.597. The average Bonchev–Trinajstić information content (AvgIpc) is 2.64. The summed E-state index contributed by atoms with van der Waals surface area (Å²) < 4.78 is 1.01. The Hall–Kier alpha value is -0.350. The number of halogens is 2. The monoisotopic (exact) mass is 302 g/mol. The molecule has 4 heteroatoms. The van der Waals surface area contributed by atoms with Gasteiger partial charge in [0, 0.05) is 9.90 Å². The molecule has 0 amide bonds. The average molecular weight is 304 g/mol. The van der Waals surface area contributed by atoms with Gasteiger partial charge in [-0.05, 0) is 45.8 Å². The Morgan fingerprint density at radius 2 is 2.07 bits per heavy atom. The van der Waals surface area contributed by atoms with E-state index in [2.05, 4.69) is 15.9 Å². The molecule has 0 bridgehead atoms. The van der Waals surface area contributed by atoms with Crippen molar-refractivity contribution in [2.45, 2.75) is 6.10 Å². The summed E-state index contributed by atoms with van der Waals surface area (Å²) in [6.45, 7) is 0. The summed E-state index contributed by atoms with van der Waals surface area (Å²) in [5, 5.41) is 10.7. The first-order valence-electron chi connectivity index (χ1n) is 4.35. The van der Waals surface area contributed by atoms with Gasteiger partial charge in [0.2, 0.25) is 0 Å². The maximum atomic E-state index is 10.1. The van der Waals surface area contributed by atoms with Crippen LogP contribution in [0, 0.1) is 0 Å². The van der Waals surface area contributed by atoms with Crippen molar-refractivity contribution >= 4 is 38.9 Å². The third-order valence-electron chi connectivity index (χ3n) is 2.03. The number of rotatable bonds is 2. The molecular weight excluding hydrogens is 296 g/mol. The summed E-state index contributed by atoms with van der Waals surface area (Å²) in [4.78, 5) is 0.907. The molecule has 1 N–H and O–H groups in total. The molecule has 0 spiro atoms. The molecule has 1 nitrogen and oxygen atoms in total. The lowest BCUT2D eigenvalue weighted by Gasteiger charge is -2.08. The van der Waals surface area contributed by atoms with Crippen LogP contribution in [-0.4, -0.2) is 5.11 Å². The lowest BCUT2D eigenvalue weighted by atomic mass is 10.1. The Balaban J connectivity index is 2.32. The summed E-state index contributed by atoms with van der Waals surface area (Å²) in [7, 11) is 0. The van der Waals surface area contributed by atoms with E-state index in [9.17, 15) is 5.11 Å². The van der Waals surface area contributed by atoms with Crippen molar-refractivity contribution < 1.29 is 5.11 Å². The van der Waals surface area contributed by atoms with Gasteiger partial charge in [-0.2, -0.15) is 0 Å². The highest BCUT2D eigenvalue weighted by Crippen LogP contribution is 2.31. The lowest BCUT2D eigenvalue weighted by Crippen LogP contribution is -1.96. The first-order valence-corrected chi connectivity index (χ1v) is 6.34. The molecule has 0 saturated heterocycles. The fraction of sp³-hybridized carbons (Fsp3) is 0.0909. The highest BCUT2D eigenvalue weighted by molar-refractivity contribution is 9.11. The van der Waals surface area contributed by atoms with Crippen LogP contribution in [0.3, 0.4) is 0 Å². The summed E-state index contributed by atoms with van der Waals surface area (Å²) in [5.74, 6) is 0. The van der Waals surface area contributed by atoms with Crippen LogP contribution < -0.4 is 0 Å². The number of aliphatic hydroxyl groups is 1. The molecule has 2 rings (SSSR count). The molecule has 1 aromatic heterocycles. The number of hydrogen-bond acceptors (Lipinski definition) is 2. The van der Waals surface area contributed by atoms with Crippen LogP contribution in [0.2, 0.25) is 5.02 Å². The number of benzene rings is 1. The van der Waals surface area contributed by atoms with Crippen molar-refractivity contribution in [3.05, 3.63) is 55.6 Å². The third-order valence-corrected chi connectivity index (χ3v) is 3.94. The zero-order valence-electron chi connectivity index (χ0n) is 7.65. The van der Waals surface area contributed by atoms with Gasteiger partial charge in [0.1, 0.15) is 6.10 Å². The van der Waals surface area contributed by atoms with Crippen LogP contribution in [-0.2, 0) is 0 Å². The van der Waals surface area contributed by atoms with Gasteiger partial charge in [0.15, 0.2) is 0 Å². The van der Waals surface area contributed by atoms with E-state index in [0.717, 1.165) is 14.2 Å². The lowest BCUT2D eigenvalue weighted by molar-refractivity contribution is 0.224. The molecule has 0 aliphatic rings. The molecular formula is C11H8BrClOS. The summed E-state index contributed by atoms with van der Waals surface area (Å²) in [5.41, 5.74) is 0.817. The van der Waals surface area contributed by atoms with E-state index in [1.807, 2.05) is 24.3 Å². The van der Waals surface area contributed by atoms with Gasteiger partial charge in [-0.15, -0.1) is 11.3 Å². The zero-order chi connectivity index (χ0) is 10.8. The zero-order valence-corrected chi connectivity index (χ0v) is 10.8. The number of thiophene rings is 1. The number of hydrogen-bond donors (Lipinski definition) is 1. The molecule has 1 atom stereocenters. The van der Waals surface area contributed by atoms with E-state index in [1.165, 1.54) is 11.3 Å². The summed E-state index contributed by atoms with van der Waals surface area (Å²) in [6.07, 6.45) is -0.597. The first-order chi connectivity index (χ1) is 7.16. The fourth-order valence-electron chi connectivity index (χ4n) is 1.32. The second-order valence-electron chi connectivity index (χ2n) is 3.10. The molecule has 2 aromatic rings. The van der Waals surface area contributed by atoms with Crippen molar-refractivity contribution in [1.82, 2.24) is 0 Å². The van der Waals surface area contributed by atoms with Crippen LogP contribution in [0.4, 0.5) is 0 Å².